The van der Waals surface area contributed by atoms with E-state index in [4.69, 9.17) is 9.84 Å². The van der Waals surface area contributed by atoms with Gasteiger partial charge in [0.1, 0.15) is 23.6 Å². The Morgan fingerprint density at radius 3 is 2.50 bits per heavy atom. The van der Waals surface area contributed by atoms with Gasteiger partial charge in [0.2, 0.25) is 6.29 Å². The van der Waals surface area contributed by atoms with Gasteiger partial charge in [-0.25, -0.2) is 4.79 Å². The molecule has 18 heavy (non-hydrogen) atoms. The van der Waals surface area contributed by atoms with Crippen molar-refractivity contribution in [2.75, 3.05) is 27.7 Å². The predicted octanol–water partition coefficient (Wildman–Crippen LogP) is 0.494. The van der Waals surface area contributed by atoms with Crippen LogP contribution in [0.25, 0.3) is 0 Å². The van der Waals surface area contributed by atoms with Crippen LogP contribution in [0.4, 0.5) is 0 Å². The van der Waals surface area contributed by atoms with Crippen LogP contribution in [-0.4, -0.2) is 59.7 Å². The van der Waals surface area contributed by atoms with Gasteiger partial charge in [0.05, 0.1) is 21.1 Å². The van der Waals surface area contributed by atoms with Gasteiger partial charge in [0.15, 0.2) is 0 Å². The average Bonchev–Trinajstić information content (AvgIpc) is 2.17. The number of carboxylic acid groups (broad SMARTS) is 1. The third-order valence-electron chi connectivity index (χ3n) is 2.17. The number of hydrogen-bond donors (Lipinski definition) is 3. The quantitative estimate of drug-likeness (QED) is 0.527. The van der Waals surface area contributed by atoms with Crippen molar-refractivity contribution in [1.29, 1.82) is 0 Å². The van der Waals surface area contributed by atoms with E-state index in [0.717, 1.165) is 0 Å². The van der Waals surface area contributed by atoms with Gasteiger partial charge in [-0.15, -0.1) is 0 Å². The smallest absolute Gasteiger partial charge is 0.339 e. The number of likely N-dealkylation sites (N-methyl/N-ethyl adjacent to an activating group) is 1. The van der Waals surface area contributed by atoms with Crippen LogP contribution in [0, 0.1) is 0 Å². The first-order valence-electron chi connectivity index (χ1n) is 5.40. The molecule has 0 spiro atoms. The number of benzene rings is 1. The number of aliphatic hydroxyl groups excluding tert-OH is 1. The Bertz CT molecular complexity index is 439. The second-order valence-corrected chi connectivity index (χ2v) is 5.03. The standard InChI is InChI=1S/C12H17NO5/c1-13(2,3)7-11(15)18-8-4-5-10(14)9(6-8)12(16)17/h4-6,11,15H,7H2,1-3H3,(H-,14,16,17)/p+1. The van der Waals surface area contributed by atoms with Crippen molar-refractivity contribution in [2.24, 2.45) is 0 Å². The number of aromatic hydroxyl groups is 1. The highest BCUT2D eigenvalue weighted by atomic mass is 16.6. The number of carbonyl (C=O) groups is 1. The molecular weight excluding hydrogens is 238 g/mol. The van der Waals surface area contributed by atoms with E-state index in [2.05, 4.69) is 0 Å². The van der Waals surface area contributed by atoms with E-state index in [1.165, 1.54) is 18.2 Å². The molecule has 1 atom stereocenters. The van der Waals surface area contributed by atoms with Crippen LogP contribution in [0.1, 0.15) is 10.4 Å². The summed E-state index contributed by atoms with van der Waals surface area (Å²) >= 11 is 0. The predicted molar refractivity (Wildman–Crippen MR) is 64.6 cm³/mol. The summed E-state index contributed by atoms with van der Waals surface area (Å²) in [6, 6.07) is 3.80. The number of hydrogen-bond acceptors (Lipinski definition) is 4. The van der Waals surface area contributed by atoms with Crippen molar-refractivity contribution in [3.8, 4) is 11.5 Å². The van der Waals surface area contributed by atoms with Gasteiger partial charge in [-0.2, -0.15) is 0 Å². The molecule has 0 saturated carbocycles. The minimum Gasteiger partial charge on any atom is -0.507 e. The van der Waals surface area contributed by atoms with Gasteiger partial charge in [-0.1, -0.05) is 0 Å². The lowest BCUT2D eigenvalue weighted by Crippen LogP contribution is -2.43. The molecule has 6 heteroatoms. The summed E-state index contributed by atoms with van der Waals surface area (Å²) in [5, 5.41) is 27.8. The van der Waals surface area contributed by atoms with Gasteiger partial charge in [0, 0.05) is 0 Å². The van der Waals surface area contributed by atoms with Gasteiger partial charge in [-0.05, 0) is 18.2 Å². The van der Waals surface area contributed by atoms with E-state index >= 15 is 0 Å². The Balaban J connectivity index is 2.80. The van der Waals surface area contributed by atoms with Gasteiger partial charge in [-0.3, -0.25) is 0 Å². The van der Waals surface area contributed by atoms with Crippen molar-refractivity contribution in [1.82, 2.24) is 0 Å². The van der Waals surface area contributed by atoms with Crippen LogP contribution in [0.2, 0.25) is 0 Å². The van der Waals surface area contributed by atoms with Gasteiger partial charge >= 0.3 is 5.97 Å². The minimum absolute atomic E-state index is 0.200. The molecule has 100 valence electrons. The highest BCUT2D eigenvalue weighted by Crippen LogP contribution is 2.23. The summed E-state index contributed by atoms with van der Waals surface area (Å²) in [6.07, 6.45) is -1.05. The number of phenols is 1. The molecule has 1 aromatic rings. The van der Waals surface area contributed by atoms with Crippen LogP contribution in [0.15, 0.2) is 18.2 Å². The number of quaternary nitrogens is 1. The number of carboxylic acids is 1. The summed E-state index contributed by atoms with van der Waals surface area (Å²) in [5.41, 5.74) is -0.259. The lowest BCUT2D eigenvalue weighted by molar-refractivity contribution is -0.876. The van der Waals surface area contributed by atoms with Crippen molar-refractivity contribution in [3.05, 3.63) is 23.8 Å². The van der Waals surface area contributed by atoms with Crippen molar-refractivity contribution in [2.45, 2.75) is 6.29 Å². The molecule has 1 unspecified atom stereocenters. The third kappa shape index (κ3) is 4.23. The van der Waals surface area contributed by atoms with Gasteiger partial charge in [0.25, 0.3) is 0 Å². The van der Waals surface area contributed by atoms with E-state index in [1.807, 2.05) is 21.1 Å². The Morgan fingerprint density at radius 2 is 2.00 bits per heavy atom. The largest absolute Gasteiger partial charge is 0.507 e. The van der Waals surface area contributed by atoms with Crippen LogP contribution < -0.4 is 4.74 Å². The lowest BCUT2D eigenvalue weighted by atomic mass is 10.2. The molecule has 0 bridgehead atoms. The Hall–Kier alpha value is -1.79. The monoisotopic (exact) mass is 256 g/mol. The first-order valence-corrected chi connectivity index (χ1v) is 5.40. The molecule has 6 nitrogen and oxygen atoms in total. The number of aromatic carboxylic acids is 1. The van der Waals surface area contributed by atoms with Crippen molar-refractivity contribution in [3.63, 3.8) is 0 Å². The molecule has 0 radical (unpaired) electrons. The number of nitrogens with zero attached hydrogens (tertiary/aromatic N) is 1. The average molecular weight is 256 g/mol. The second kappa shape index (κ2) is 5.24. The first kappa shape index (κ1) is 14.3. The molecular formula is C12H18NO5+. The van der Waals surface area contributed by atoms with E-state index in [-0.39, 0.29) is 17.1 Å². The molecule has 0 aliphatic carbocycles. The highest BCUT2D eigenvalue weighted by molar-refractivity contribution is 5.91. The molecule has 3 N–H and O–H groups in total. The maximum Gasteiger partial charge on any atom is 0.339 e. The highest BCUT2D eigenvalue weighted by Gasteiger charge is 2.18. The zero-order chi connectivity index (χ0) is 13.9. The fourth-order valence-corrected chi connectivity index (χ4v) is 1.42. The summed E-state index contributed by atoms with van der Waals surface area (Å²) in [4.78, 5) is 10.8. The van der Waals surface area contributed by atoms with Gasteiger partial charge < -0.3 is 24.5 Å². The molecule has 1 aromatic carbocycles. The molecule has 0 aromatic heterocycles. The molecule has 0 saturated heterocycles. The fourth-order valence-electron chi connectivity index (χ4n) is 1.42. The molecule has 0 aliphatic heterocycles. The van der Waals surface area contributed by atoms with Crippen molar-refractivity contribution < 1.29 is 29.3 Å². The molecule has 1 rings (SSSR count). The summed E-state index contributed by atoms with van der Waals surface area (Å²) in [7, 11) is 5.68. The third-order valence-corrected chi connectivity index (χ3v) is 2.17. The number of ether oxygens (including phenoxy) is 1. The van der Waals surface area contributed by atoms with Crippen LogP contribution in [0.5, 0.6) is 11.5 Å². The van der Waals surface area contributed by atoms with Crippen molar-refractivity contribution >= 4 is 5.97 Å². The summed E-state index contributed by atoms with van der Waals surface area (Å²) < 4.78 is 5.71. The zero-order valence-corrected chi connectivity index (χ0v) is 10.6. The molecule has 0 fully saturated rings. The van der Waals surface area contributed by atoms with E-state index in [9.17, 15) is 15.0 Å². The number of rotatable bonds is 5. The van der Waals surface area contributed by atoms with Crippen LogP contribution in [-0.2, 0) is 0 Å². The van der Waals surface area contributed by atoms with E-state index in [1.54, 1.807) is 0 Å². The first-order chi connectivity index (χ1) is 8.19. The molecule has 0 heterocycles. The topological polar surface area (TPSA) is 87.0 Å². The number of aliphatic hydroxyl groups is 1. The SMILES string of the molecule is C[N+](C)(C)CC(O)Oc1ccc(O)c(C(=O)O)c1. The molecule has 0 aliphatic rings. The maximum atomic E-state index is 10.8. The fraction of sp³-hybridized carbons (Fsp3) is 0.417. The zero-order valence-electron chi connectivity index (χ0n) is 10.6. The summed E-state index contributed by atoms with van der Waals surface area (Å²) in [5.74, 6) is -1.39. The van der Waals surface area contributed by atoms with E-state index in [0.29, 0.717) is 11.0 Å². The second-order valence-electron chi connectivity index (χ2n) is 5.03. The van der Waals surface area contributed by atoms with Crippen LogP contribution >= 0.6 is 0 Å². The lowest BCUT2D eigenvalue weighted by Gasteiger charge is -2.26. The minimum atomic E-state index is -1.25. The normalized spacial score (nSPS) is 13.1. The Kier molecular flexibility index (Phi) is 4.15. The molecule has 0 amide bonds. The maximum absolute atomic E-state index is 10.8. The summed E-state index contributed by atoms with van der Waals surface area (Å²) in [6.45, 7) is 0.350. The Labute approximate surface area is 105 Å². The van der Waals surface area contributed by atoms with E-state index < -0.39 is 12.3 Å². The van der Waals surface area contributed by atoms with Crippen LogP contribution in [0.3, 0.4) is 0 Å². The Morgan fingerprint density at radius 1 is 1.39 bits per heavy atom.